The Balaban J connectivity index is 2.77. The van der Waals surface area contributed by atoms with Gasteiger partial charge in [0.25, 0.3) is 11.8 Å². The molecule has 0 aliphatic carbocycles. The van der Waals surface area contributed by atoms with Crippen molar-refractivity contribution in [1.29, 1.82) is 0 Å². The van der Waals surface area contributed by atoms with Crippen molar-refractivity contribution in [1.82, 2.24) is 9.97 Å². The van der Waals surface area contributed by atoms with Crippen molar-refractivity contribution in [3.8, 4) is 11.8 Å². The molecule has 0 atom stereocenters. The number of halogens is 1. The number of methoxy groups -OCH3 is 2. The SMILES string of the molecule is COc1nc2cc(NOO)c(C)c(CBr)c2nc1OC. The molecule has 0 radical (unpaired) electrons. The fourth-order valence-electron chi connectivity index (χ4n) is 1.91. The summed E-state index contributed by atoms with van der Waals surface area (Å²) in [6.07, 6.45) is 0. The van der Waals surface area contributed by atoms with Crippen molar-refractivity contribution >= 4 is 32.7 Å². The Kier molecular flexibility index (Phi) is 4.58. The standard InChI is InChI=1S/C12H14BrN3O4/c1-6-7(5-13)10-9(4-8(6)16-20-17)14-11(18-2)12(15-10)19-3/h4,16-17H,5H2,1-3H3. The molecule has 0 saturated carbocycles. The number of benzene rings is 1. The average molecular weight is 344 g/mol. The summed E-state index contributed by atoms with van der Waals surface area (Å²) >= 11 is 3.43. The van der Waals surface area contributed by atoms with Gasteiger partial charge in [-0.05, 0) is 24.1 Å². The number of nitrogens with zero attached hydrogens (tertiary/aromatic N) is 2. The molecule has 1 aromatic carbocycles. The third kappa shape index (κ3) is 2.49. The molecule has 2 rings (SSSR count). The quantitative estimate of drug-likeness (QED) is 0.490. The van der Waals surface area contributed by atoms with Crippen molar-refractivity contribution in [2.24, 2.45) is 0 Å². The lowest BCUT2D eigenvalue weighted by atomic mass is 10.1. The highest BCUT2D eigenvalue weighted by atomic mass is 79.9. The smallest absolute Gasteiger partial charge is 0.278 e. The Morgan fingerprint density at radius 2 is 1.90 bits per heavy atom. The molecule has 108 valence electrons. The lowest BCUT2D eigenvalue weighted by molar-refractivity contribution is -0.215. The molecule has 0 unspecified atom stereocenters. The summed E-state index contributed by atoms with van der Waals surface area (Å²) < 4.78 is 10.3. The first-order valence-electron chi connectivity index (χ1n) is 5.70. The molecular weight excluding hydrogens is 330 g/mol. The summed E-state index contributed by atoms with van der Waals surface area (Å²) in [5.74, 6) is 0.612. The molecule has 1 heterocycles. The molecule has 1 aromatic heterocycles. The van der Waals surface area contributed by atoms with Crippen molar-refractivity contribution in [2.75, 3.05) is 19.7 Å². The topological polar surface area (TPSA) is 85.7 Å². The van der Waals surface area contributed by atoms with Gasteiger partial charge in [0.15, 0.2) is 0 Å². The molecule has 0 spiro atoms. The van der Waals surface area contributed by atoms with E-state index in [9.17, 15) is 0 Å². The van der Waals surface area contributed by atoms with Crippen LogP contribution in [0.25, 0.3) is 11.0 Å². The third-order valence-corrected chi connectivity index (χ3v) is 3.52. The van der Waals surface area contributed by atoms with Crippen LogP contribution < -0.4 is 15.0 Å². The molecule has 7 nitrogen and oxygen atoms in total. The minimum absolute atomic E-state index is 0.292. The second kappa shape index (κ2) is 6.21. The zero-order valence-electron chi connectivity index (χ0n) is 11.2. The van der Waals surface area contributed by atoms with Crippen molar-refractivity contribution in [3.05, 3.63) is 17.2 Å². The number of fused-ring (bicyclic) bond motifs is 1. The van der Waals surface area contributed by atoms with Gasteiger partial charge >= 0.3 is 0 Å². The lowest BCUT2D eigenvalue weighted by Gasteiger charge is -2.14. The fraction of sp³-hybridized carbons (Fsp3) is 0.333. The average Bonchev–Trinajstić information content (AvgIpc) is 2.47. The van der Waals surface area contributed by atoms with Gasteiger partial charge in [-0.1, -0.05) is 15.9 Å². The van der Waals surface area contributed by atoms with Gasteiger partial charge < -0.3 is 9.47 Å². The van der Waals surface area contributed by atoms with E-state index in [0.717, 1.165) is 11.1 Å². The fourth-order valence-corrected chi connectivity index (χ4v) is 2.60. The highest BCUT2D eigenvalue weighted by molar-refractivity contribution is 9.08. The summed E-state index contributed by atoms with van der Waals surface area (Å²) in [5.41, 5.74) is 6.08. The molecule has 0 bridgehead atoms. The van der Waals surface area contributed by atoms with Gasteiger partial charge in [0.05, 0.1) is 30.9 Å². The number of hydrogen-bond acceptors (Lipinski definition) is 7. The van der Waals surface area contributed by atoms with Gasteiger partial charge in [0.1, 0.15) is 0 Å². The van der Waals surface area contributed by atoms with E-state index in [1.54, 1.807) is 6.07 Å². The Labute approximate surface area is 123 Å². The minimum atomic E-state index is 0.292. The highest BCUT2D eigenvalue weighted by Gasteiger charge is 2.16. The highest BCUT2D eigenvalue weighted by Crippen LogP contribution is 2.32. The zero-order valence-corrected chi connectivity index (χ0v) is 12.8. The van der Waals surface area contributed by atoms with Crippen molar-refractivity contribution in [2.45, 2.75) is 12.3 Å². The van der Waals surface area contributed by atoms with E-state index >= 15 is 0 Å². The van der Waals surface area contributed by atoms with E-state index in [-0.39, 0.29) is 0 Å². The monoisotopic (exact) mass is 343 g/mol. The first kappa shape index (κ1) is 14.8. The molecule has 8 heteroatoms. The summed E-state index contributed by atoms with van der Waals surface area (Å²) in [4.78, 5) is 12.8. The van der Waals surface area contributed by atoms with E-state index in [2.05, 4.69) is 36.4 Å². The van der Waals surface area contributed by atoms with Crippen LogP contribution in [0.3, 0.4) is 0 Å². The first-order valence-corrected chi connectivity index (χ1v) is 6.83. The predicted octanol–water partition coefficient (Wildman–Crippen LogP) is 2.67. The van der Waals surface area contributed by atoms with E-state index in [4.69, 9.17) is 14.7 Å². The minimum Gasteiger partial charge on any atom is -0.477 e. The third-order valence-electron chi connectivity index (χ3n) is 2.96. The van der Waals surface area contributed by atoms with Crippen LogP contribution in [0.5, 0.6) is 11.8 Å². The maximum atomic E-state index is 8.56. The maximum Gasteiger partial charge on any atom is 0.278 e. The Morgan fingerprint density at radius 1 is 1.25 bits per heavy atom. The first-order chi connectivity index (χ1) is 9.65. The Morgan fingerprint density at radius 3 is 2.45 bits per heavy atom. The van der Waals surface area contributed by atoms with Gasteiger partial charge in [-0.2, -0.15) is 0 Å². The van der Waals surface area contributed by atoms with E-state index in [0.29, 0.717) is 33.8 Å². The van der Waals surface area contributed by atoms with Crippen LogP contribution in [-0.4, -0.2) is 29.4 Å². The second-order valence-electron chi connectivity index (χ2n) is 3.96. The van der Waals surface area contributed by atoms with Crippen molar-refractivity contribution < 1.29 is 19.7 Å². The summed E-state index contributed by atoms with van der Waals surface area (Å²) in [5, 5.41) is 9.13. The Bertz CT molecular complexity index is 636. The summed E-state index contributed by atoms with van der Waals surface area (Å²) in [7, 11) is 3.00. The number of anilines is 1. The molecule has 2 aromatic rings. The predicted molar refractivity (Wildman–Crippen MR) is 77.3 cm³/mol. The molecule has 0 amide bonds. The molecule has 0 aliphatic rings. The number of ether oxygens (including phenoxy) is 2. The van der Waals surface area contributed by atoms with Crippen LogP contribution in [0, 0.1) is 6.92 Å². The maximum absolute atomic E-state index is 8.56. The number of aromatic nitrogens is 2. The number of hydrogen-bond donors (Lipinski definition) is 2. The van der Waals surface area contributed by atoms with Crippen molar-refractivity contribution in [3.63, 3.8) is 0 Å². The normalized spacial score (nSPS) is 10.7. The van der Waals surface area contributed by atoms with E-state index in [1.165, 1.54) is 14.2 Å². The van der Waals surface area contributed by atoms with Crippen LogP contribution >= 0.6 is 15.9 Å². The molecule has 2 N–H and O–H groups in total. The van der Waals surface area contributed by atoms with Gasteiger partial charge in [0.2, 0.25) is 0 Å². The molecular formula is C12H14BrN3O4. The van der Waals surface area contributed by atoms with Crippen LogP contribution in [0.1, 0.15) is 11.1 Å². The molecule has 0 fully saturated rings. The molecule has 20 heavy (non-hydrogen) atoms. The van der Waals surface area contributed by atoms with Crippen LogP contribution in [0.2, 0.25) is 0 Å². The largest absolute Gasteiger partial charge is 0.477 e. The zero-order chi connectivity index (χ0) is 14.7. The van der Waals surface area contributed by atoms with Gasteiger partial charge in [0, 0.05) is 5.33 Å². The van der Waals surface area contributed by atoms with E-state index < -0.39 is 0 Å². The van der Waals surface area contributed by atoms with Gasteiger partial charge in [-0.15, -0.1) is 4.99 Å². The van der Waals surface area contributed by atoms with Crippen LogP contribution in [0.4, 0.5) is 5.69 Å². The van der Waals surface area contributed by atoms with Crippen LogP contribution in [0.15, 0.2) is 6.07 Å². The van der Waals surface area contributed by atoms with Crippen LogP contribution in [-0.2, 0) is 10.3 Å². The second-order valence-corrected chi connectivity index (χ2v) is 4.53. The van der Waals surface area contributed by atoms with Gasteiger partial charge in [-0.25, -0.2) is 20.7 Å². The molecule has 0 aliphatic heterocycles. The number of rotatable bonds is 5. The Hall–Kier alpha value is -1.64. The van der Waals surface area contributed by atoms with Gasteiger partial charge in [-0.3, -0.25) is 0 Å². The summed E-state index contributed by atoms with van der Waals surface area (Å²) in [6, 6.07) is 1.71. The lowest BCUT2D eigenvalue weighted by Crippen LogP contribution is -2.04. The summed E-state index contributed by atoms with van der Waals surface area (Å²) in [6.45, 7) is 1.88. The number of alkyl halides is 1. The van der Waals surface area contributed by atoms with E-state index in [1.807, 2.05) is 6.92 Å². The molecule has 0 saturated heterocycles. The number of nitrogens with one attached hydrogen (secondary N) is 1.